The van der Waals surface area contributed by atoms with Gasteiger partial charge in [-0.05, 0) is 12.3 Å². The largest absolute Gasteiger partial charge is 0.370 e. The summed E-state index contributed by atoms with van der Waals surface area (Å²) in [6, 6.07) is 0. The normalized spacial score (nSPS) is 27.1. The lowest BCUT2D eigenvalue weighted by atomic mass is 10.0. The Kier molecular flexibility index (Phi) is 2.49. The lowest BCUT2D eigenvalue weighted by Gasteiger charge is -2.09. The fraction of sp³-hybridized carbons (Fsp3) is 0.714. The molecule has 7 nitrogen and oxygen atoms in total. The van der Waals surface area contributed by atoms with Crippen LogP contribution in [-0.2, 0) is 14.8 Å². The van der Waals surface area contributed by atoms with E-state index in [1.807, 2.05) is 6.92 Å². The van der Waals surface area contributed by atoms with E-state index in [2.05, 4.69) is 15.2 Å². The van der Waals surface area contributed by atoms with E-state index in [9.17, 15) is 8.42 Å². The summed E-state index contributed by atoms with van der Waals surface area (Å²) in [6.45, 7) is 2.66. The van der Waals surface area contributed by atoms with Gasteiger partial charge in [-0.2, -0.15) is 4.98 Å². The number of aromatic nitrogens is 3. The summed E-state index contributed by atoms with van der Waals surface area (Å²) in [4.78, 5) is 3.81. The van der Waals surface area contributed by atoms with Crippen molar-refractivity contribution in [2.45, 2.75) is 24.6 Å². The van der Waals surface area contributed by atoms with Crippen LogP contribution in [0.3, 0.4) is 0 Å². The molecule has 1 saturated heterocycles. The molecule has 0 amide bonds. The van der Waals surface area contributed by atoms with E-state index in [0.717, 1.165) is 6.42 Å². The number of sulfonamides is 1. The van der Waals surface area contributed by atoms with Crippen molar-refractivity contribution in [1.29, 1.82) is 0 Å². The molecule has 1 aromatic rings. The van der Waals surface area contributed by atoms with Gasteiger partial charge in [-0.3, -0.25) is 5.10 Å². The standard InChI is InChI=1S/C7H12N4O3S/c1-4-2-3-14-5(4)6-9-7(11-10-6)15(8,12)13/h4-5H,2-3H2,1H3,(H2,8,12,13)(H,9,10,11). The molecule has 1 aliphatic heterocycles. The van der Waals surface area contributed by atoms with Crippen LogP contribution in [0.1, 0.15) is 25.3 Å². The predicted molar refractivity (Wildman–Crippen MR) is 50.2 cm³/mol. The van der Waals surface area contributed by atoms with Gasteiger partial charge in [-0.25, -0.2) is 13.6 Å². The molecule has 1 fully saturated rings. The SMILES string of the molecule is CC1CCOC1c1nc(S(N)(=O)=O)n[nH]1. The molecule has 0 aromatic carbocycles. The summed E-state index contributed by atoms with van der Waals surface area (Å²) in [7, 11) is -3.84. The zero-order chi connectivity index (χ0) is 11.1. The molecule has 0 radical (unpaired) electrons. The Morgan fingerprint density at radius 2 is 2.33 bits per heavy atom. The average molecular weight is 232 g/mol. The maximum atomic E-state index is 10.9. The van der Waals surface area contributed by atoms with Crippen LogP contribution in [0, 0.1) is 5.92 Å². The van der Waals surface area contributed by atoms with Crippen molar-refractivity contribution in [2.75, 3.05) is 6.61 Å². The first-order valence-electron chi connectivity index (χ1n) is 4.55. The molecule has 1 aromatic heterocycles. The molecule has 84 valence electrons. The molecule has 2 unspecified atom stereocenters. The maximum absolute atomic E-state index is 10.9. The molecule has 2 heterocycles. The number of ether oxygens (including phenoxy) is 1. The number of nitrogens with one attached hydrogen (secondary N) is 1. The molecule has 0 saturated carbocycles. The number of primary sulfonamides is 1. The second kappa shape index (κ2) is 3.54. The van der Waals surface area contributed by atoms with Gasteiger partial charge in [0, 0.05) is 6.61 Å². The highest BCUT2D eigenvalue weighted by atomic mass is 32.2. The van der Waals surface area contributed by atoms with Crippen LogP contribution in [0.25, 0.3) is 0 Å². The predicted octanol–water partition coefficient (Wildman–Crippen LogP) is -0.450. The van der Waals surface area contributed by atoms with Gasteiger partial charge < -0.3 is 4.74 Å². The summed E-state index contributed by atoms with van der Waals surface area (Å²) >= 11 is 0. The van der Waals surface area contributed by atoms with Crippen molar-refractivity contribution in [1.82, 2.24) is 15.2 Å². The lowest BCUT2D eigenvalue weighted by Crippen LogP contribution is -2.14. The topological polar surface area (TPSA) is 111 Å². The minimum Gasteiger partial charge on any atom is -0.370 e. The van der Waals surface area contributed by atoms with Crippen LogP contribution in [0.15, 0.2) is 5.16 Å². The Bertz CT molecular complexity index is 455. The van der Waals surface area contributed by atoms with Crippen molar-refractivity contribution in [3.63, 3.8) is 0 Å². The third kappa shape index (κ3) is 2.01. The Labute approximate surface area is 87.1 Å². The van der Waals surface area contributed by atoms with E-state index >= 15 is 0 Å². The molecule has 0 aliphatic carbocycles. The Morgan fingerprint density at radius 1 is 1.60 bits per heavy atom. The Balaban J connectivity index is 2.28. The number of aromatic amines is 1. The first kappa shape index (κ1) is 10.5. The first-order chi connectivity index (χ1) is 6.98. The molecule has 1 aliphatic rings. The lowest BCUT2D eigenvalue weighted by molar-refractivity contribution is 0.0874. The molecule has 15 heavy (non-hydrogen) atoms. The van der Waals surface area contributed by atoms with E-state index in [0.29, 0.717) is 18.3 Å². The maximum Gasteiger partial charge on any atom is 0.282 e. The van der Waals surface area contributed by atoms with Crippen LogP contribution >= 0.6 is 0 Å². The number of rotatable bonds is 2. The quantitative estimate of drug-likeness (QED) is 0.717. The minimum atomic E-state index is -3.84. The van der Waals surface area contributed by atoms with Gasteiger partial charge in [0.2, 0.25) is 0 Å². The number of nitrogens with zero attached hydrogens (tertiary/aromatic N) is 2. The third-order valence-corrected chi connectivity index (χ3v) is 3.09. The zero-order valence-corrected chi connectivity index (χ0v) is 8.99. The molecule has 8 heteroatoms. The van der Waals surface area contributed by atoms with Crippen molar-refractivity contribution in [3.8, 4) is 0 Å². The second-order valence-corrected chi connectivity index (χ2v) is 5.06. The van der Waals surface area contributed by atoms with Crippen molar-refractivity contribution in [3.05, 3.63) is 5.82 Å². The van der Waals surface area contributed by atoms with Crippen LogP contribution in [0.4, 0.5) is 0 Å². The summed E-state index contributed by atoms with van der Waals surface area (Å²) in [5.74, 6) is 0.718. The van der Waals surface area contributed by atoms with Gasteiger partial charge in [-0.1, -0.05) is 6.92 Å². The first-order valence-corrected chi connectivity index (χ1v) is 6.10. The van der Waals surface area contributed by atoms with Gasteiger partial charge in [0.05, 0.1) is 0 Å². The fourth-order valence-corrected chi connectivity index (χ4v) is 1.96. The highest BCUT2D eigenvalue weighted by Crippen LogP contribution is 2.31. The van der Waals surface area contributed by atoms with Crippen LogP contribution in [-0.4, -0.2) is 30.2 Å². The van der Waals surface area contributed by atoms with E-state index < -0.39 is 10.0 Å². The summed E-state index contributed by atoms with van der Waals surface area (Å²) < 4.78 is 27.3. The van der Waals surface area contributed by atoms with Crippen molar-refractivity contribution in [2.24, 2.45) is 11.1 Å². The molecular formula is C7H12N4O3S. The van der Waals surface area contributed by atoms with Gasteiger partial charge >= 0.3 is 0 Å². The smallest absolute Gasteiger partial charge is 0.282 e. The highest BCUT2D eigenvalue weighted by molar-refractivity contribution is 7.89. The van der Waals surface area contributed by atoms with E-state index in [1.54, 1.807) is 0 Å². The number of hydrogen-bond donors (Lipinski definition) is 2. The van der Waals surface area contributed by atoms with Gasteiger partial charge in [0.15, 0.2) is 5.82 Å². The number of nitrogens with two attached hydrogens (primary N) is 1. The molecular weight excluding hydrogens is 220 g/mol. The molecule has 0 spiro atoms. The molecule has 2 atom stereocenters. The minimum absolute atomic E-state index is 0.215. The van der Waals surface area contributed by atoms with Gasteiger partial charge in [0.25, 0.3) is 15.2 Å². The number of H-pyrrole nitrogens is 1. The second-order valence-electron chi connectivity index (χ2n) is 3.61. The van der Waals surface area contributed by atoms with Gasteiger partial charge in [-0.15, -0.1) is 5.10 Å². The van der Waals surface area contributed by atoms with Crippen LogP contribution in [0.2, 0.25) is 0 Å². The number of hydrogen-bond acceptors (Lipinski definition) is 5. The van der Waals surface area contributed by atoms with E-state index in [-0.39, 0.29) is 11.3 Å². The van der Waals surface area contributed by atoms with Gasteiger partial charge in [0.1, 0.15) is 6.10 Å². The Hall–Kier alpha value is -0.990. The van der Waals surface area contributed by atoms with Crippen LogP contribution in [0.5, 0.6) is 0 Å². The van der Waals surface area contributed by atoms with Crippen molar-refractivity contribution >= 4 is 10.0 Å². The summed E-state index contributed by atoms with van der Waals surface area (Å²) in [5, 5.41) is 10.6. The monoisotopic (exact) mass is 232 g/mol. The van der Waals surface area contributed by atoms with E-state index in [4.69, 9.17) is 9.88 Å². The average Bonchev–Trinajstić information content (AvgIpc) is 2.69. The highest BCUT2D eigenvalue weighted by Gasteiger charge is 2.30. The summed E-state index contributed by atoms with van der Waals surface area (Å²) in [5.41, 5.74) is 0. The van der Waals surface area contributed by atoms with Crippen molar-refractivity contribution < 1.29 is 13.2 Å². The molecule has 3 N–H and O–H groups in total. The fourth-order valence-electron chi connectivity index (χ4n) is 1.56. The molecule has 0 bridgehead atoms. The summed E-state index contributed by atoms with van der Waals surface area (Å²) in [6.07, 6.45) is 0.712. The Morgan fingerprint density at radius 3 is 2.80 bits per heavy atom. The molecule has 2 rings (SSSR count). The van der Waals surface area contributed by atoms with Crippen LogP contribution < -0.4 is 5.14 Å². The third-order valence-electron chi connectivity index (χ3n) is 2.39. The van der Waals surface area contributed by atoms with E-state index in [1.165, 1.54) is 0 Å². The zero-order valence-electron chi connectivity index (χ0n) is 8.17.